The lowest BCUT2D eigenvalue weighted by molar-refractivity contribution is -0.753. The molecule has 1 aromatic rings. The average Bonchev–Trinajstić information content (AvgIpc) is 2.91. The Labute approximate surface area is 159 Å². The van der Waals surface area contributed by atoms with E-state index in [0.717, 1.165) is 6.92 Å². The molecule has 2 heterocycles. The van der Waals surface area contributed by atoms with Gasteiger partial charge in [0.15, 0.2) is 18.6 Å². The standard InChI is InChI=1S/C13H16N4O4.C4H5F3/c1-13(2)7-10(16-21-13)15-12(20)9-3-5-17(14-8-9)6-4-11(18)19;1-3(2)4(5,6)7/h3,5,8H,4,6-7H2,1-2H3,(H-,15,16,18,19,20);1H2,2H3/p+1. The van der Waals surface area contributed by atoms with E-state index in [4.69, 9.17) is 9.94 Å². The molecular weight excluding hydrogens is 381 g/mol. The number of hydrogen-bond donors (Lipinski definition) is 2. The predicted molar refractivity (Wildman–Crippen MR) is 92.2 cm³/mol. The smallest absolute Gasteiger partial charge is 0.411 e. The summed E-state index contributed by atoms with van der Waals surface area (Å²) in [5.74, 6) is -0.742. The normalized spacial score (nSPS) is 14.9. The lowest BCUT2D eigenvalue weighted by Gasteiger charge is -2.13. The minimum Gasteiger partial charge on any atom is -0.481 e. The molecule has 0 saturated heterocycles. The molecule has 2 N–H and O–H groups in total. The molecule has 1 aromatic heterocycles. The van der Waals surface area contributed by atoms with Crippen molar-refractivity contribution >= 4 is 17.7 Å². The van der Waals surface area contributed by atoms with Gasteiger partial charge in [0, 0.05) is 11.6 Å². The largest absolute Gasteiger partial charge is 0.481 e. The fourth-order valence-electron chi connectivity index (χ4n) is 1.78. The summed E-state index contributed by atoms with van der Waals surface area (Å²) in [6.07, 6.45) is -0.739. The number of nitrogens with zero attached hydrogens (tertiary/aromatic N) is 3. The highest BCUT2D eigenvalue weighted by Crippen LogP contribution is 2.22. The topological polar surface area (TPSA) is 105 Å². The number of carbonyl (C=O) groups excluding carboxylic acids is 1. The van der Waals surface area contributed by atoms with Crippen LogP contribution in [0, 0.1) is 0 Å². The first-order valence-electron chi connectivity index (χ1n) is 8.17. The van der Waals surface area contributed by atoms with Crippen LogP contribution in [-0.2, 0) is 16.2 Å². The number of aliphatic carboxylic acids is 1. The van der Waals surface area contributed by atoms with Crippen molar-refractivity contribution in [2.75, 3.05) is 0 Å². The number of carbonyl (C=O) groups is 2. The number of rotatable bonds is 4. The molecule has 0 saturated carbocycles. The Morgan fingerprint density at radius 2 is 2.04 bits per heavy atom. The van der Waals surface area contributed by atoms with Gasteiger partial charge in [-0.1, -0.05) is 16.4 Å². The minimum atomic E-state index is -4.19. The second-order valence-electron chi connectivity index (χ2n) is 6.62. The highest BCUT2D eigenvalue weighted by atomic mass is 19.4. The van der Waals surface area contributed by atoms with Gasteiger partial charge in [-0.3, -0.25) is 9.59 Å². The summed E-state index contributed by atoms with van der Waals surface area (Å²) in [5, 5.41) is 19.1. The Morgan fingerprint density at radius 3 is 2.43 bits per heavy atom. The van der Waals surface area contributed by atoms with Gasteiger partial charge < -0.3 is 15.3 Å². The quantitative estimate of drug-likeness (QED) is 0.593. The number of oxime groups is 1. The molecule has 2 rings (SSSR count). The van der Waals surface area contributed by atoms with Crippen molar-refractivity contribution in [2.45, 2.75) is 51.9 Å². The Balaban J connectivity index is 0.000000480. The van der Waals surface area contributed by atoms with Crippen LogP contribution in [0.1, 0.15) is 44.0 Å². The molecule has 1 aliphatic heterocycles. The molecule has 0 aliphatic carbocycles. The molecule has 1 amide bonds. The fourth-order valence-corrected chi connectivity index (χ4v) is 1.78. The van der Waals surface area contributed by atoms with Crippen LogP contribution in [0.4, 0.5) is 13.2 Å². The van der Waals surface area contributed by atoms with E-state index in [1.54, 1.807) is 12.3 Å². The fraction of sp³-hybridized carbons (Fsp3) is 0.471. The summed E-state index contributed by atoms with van der Waals surface area (Å²) in [6.45, 7) is 7.65. The molecular formula is C17H22F3N4O4+. The van der Waals surface area contributed by atoms with Gasteiger partial charge in [0.1, 0.15) is 18.2 Å². The molecule has 1 aliphatic rings. The lowest BCUT2D eigenvalue weighted by atomic mass is 10.1. The maximum absolute atomic E-state index is 12.0. The van der Waals surface area contributed by atoms with Crippen LogP contribution in [0.25, 0.3) is 0 Å². The molecule has 0 aromatic carbocycles. The first-order chi connectivity index (χ1) is 12.8. The zero-order valence-corrected chi connectivity index (χ0v) is 15.7. The highest BCUT2D eigenvalue weighted by Gasteiger charge is 2.30. The summed E-state index contributed by atoms with van der Waals surface area (Å²) in [5.41, 5.74) is -0.793. The van der Waals surface area contributed by atoms with E-state index in [-0.39, 0.29) is 18.9 Å². The Bertz CT molecular complexity index is 759. The predicted octanol–water partition coefficient (Wildman–Crippen LogP) is 2.21. The number of carboxylic acids is 1. The number of alkyl halides is 3. The van der Waals surface area contributed by atoms with Crippen molar-refractivity contribution in [3.8, 4) is 0 Å². The van der Waals surface area contributed by atoms with E-state index in [2.05, 4.69) is 22.2 Å². The van der Waals surface area contributed by atoms with E-state index in [0.29, 0.717) is 17.8 Å². The minimum absolute atomic E-state index is 0.0214. The van der Waals surface area contributed by atoms with Gasteiger partial charge in [-0.15, -0.1) is 0 Å². The summed E-state index contributed by atoms with van der Waals surface area (Å²) in [6, 6.07) is 1.58. The lowest BCUT2D eigenvalue weighted by Crippen LogP contribution is -2.39. The molecule has 0 spiro atoms. The second kappa shape index (κ2) is 9.29. The molecule has 0 fully saturated rings. The third kappa shape index (κ3) is 8.14. The molecule has 0 atom stereocenters. The van der Waals surface area contributed by atoms with Gasteiger partial charge in [0.25, 0.3) is 5.91 Å². The van der Waals surface area contributed by atoms with Crippen molar-refractivity contribution in [1.29, 1.82) is 0 Å². The summed E-state index contributed by atoms with van der Waals surface area (Å²) < 4.78 is 34.7. The molecule has 0 radical (unpaired) electrons. The third-order valence-corrected chi connectivity index (χ3v) is 3.33. The molecule has 11 heteroatoms. The van der Waals surface area contributed by atoms with E-state index >= 15 is 0 Å². The summed E-state index contributed by atoms with van der Waals surface area (Å²) in [7, 11) is 0. The Hall–Kier alpha value is -2.98. The number of halogens is 3. The molecule has 154 valence electrons. The number of amides is 1. The number of aromatic nitrogens is 2. The molecule has 28 heavy (non-hydrogen) atoms. The maximum Gasteiger partial charge on any atom is 0.411 e. The average molecular weight is 403 g/mol. The van der Waals surface area contributed by atoms with Crippen LogP contribution >= 0.6 is 0 Å². The van der Waals surface area contributed by atoms with Crippen LogP contribution in [0.3, 0.4) is 0 Å². The molecule has 0 unspecified atom stereocenters. The van der Waals surface area contributed by atoms with Crippen molar-refractivity contribution in [3.05, 3.63) is 36.2 Å². The zero-order chi connectivity index (χ0) is 21.5. The number of allylic oxidation sites excluding steroid dienone is 1. The third-order valence-electron chi connectivity index (χ3n) is 3.33. The first kappa shape index (κ1) is 23.1. The number of aryl methyl sites for hydroxylation is 1. The van der Waals surface area contributed by atoms with Gasteiger partial charge in [-0.05, 0) is 25.9 Å². The number of nitrogens with one attached hydrogen (secondary N) is 1. The Kier molecular flexibility index (Phi) is 7.65. The van der Waals surface area contributed by atoms with Crippen molar-refractivity contribution in [3.63, 3.8) is 0 Å². The second-order valence-corrected chi connectivity index (χ2v) is 6.62. The van der Waals surface area contributed by atoms with E-state index in [1.807, 2.05) is 13.8 Å². The highest BCUT2D eigenvalue weighted by molar-refractivity contribution is 6.06. The van der Waals surface area contributed by atoms with E-state index in [9.17, 15) is 22.8 Å². The van der Waals surface area contributed by atoms with Crippen LogP contribution in [0.5, 0.6) is 0 Å². The number of hydrogen-bond acceptors (Lipinski definition) is 5. The summed E-state index contributed by atoms with van der Waals surface area (Å²) >= 11 is 0. The first-order valence-corrected chi connectivity index (χ1v) is 8.17. The van der Waals surface area contributed by atoms with E-state index in [1.165, 1.54) is 10.9 Å². The van der Waals surface area contributed by atoms with Crippen LogP contribution in [-0.4, -0.2) is 39.7 Å². The SMILES string of the molecule is C=C(C)C(F)(F)F.CC1(C)CC(NC(=O)c2cc[n+](CCC(=O)O)nc2)=NO1. The zero-order valence-electron chi connectivity index (χ0n) is 15.7. The van der Waals surface area contributed by atoms with Crippen LogP contribution < -0.4 is 10.00 Å². The van der Waals surface area contributed by atoms with E-state index < -0.39 is 23.3 Å². The Morgan fingerprint density at radius 1 is 1.43 bits per heavy atom. The number of carboxylic acid groups (broad SMARTS) is 1. The van der Waals surface area contributed by atoms with Gasteiger partial charge in [0.05, 0.1) is 12.0 Å². The summed E-state index contributed by atoms with van der Waals surface area (Å²) in [4.78, 5) is 27.6. The van der Waals surface area contributed by atoms with Gasteiger partial charge >= 0.3 is 12.1 Å². The van der Waals surface area contributed by atoms with Gasteiger partial charge in [-0.25, -0.2) is 0 Å². The van der Waals surface area contributed by atoms with Crippen molar-refractivity contribution in [1.82, 2.24) is 10.4 Å². The van der Waals surface area contributed by atoms with Gasteiger partial charge in [0.2, 0.25) is 0 Å². The number of amidine groups is 1. The molecule has 0 bridgehead atoms. The van der Waals surface area contributed by atoms with Gasteiger partial charge in [-0.2, -0.15) is 13.2 Å². The maximum atomic E-state index is 12.0. The van der Waals surface area contributed by atoms with Crippen molar-refractivity contribution in [2.24, 2.45) is 5.16 Å². The van der Waals surface area contributed by atoms with Crippen LogP contribution in [0.2, 0.25) is 0 Å². The molecule has 8 nitrogen and oxygen atoms in total. The monoisotopic (exact) mass is 403 g/mol. The van der Waals surface area contributed by atoms with Crippen LogP contribution in [0.15, 0.2) is 35.8 Å². The van der Waals surface area contributed by atoms with Crippen molar-refractivity contribution < 1.29 is 37.4 Å².